The Kier molecular flexibility index (Phi) is 4.67. The van der Waals surface area contributed by atoms with Crippen LogP contribution < -0.4 is 10.1 Å². The Morgan fingerprint density at radius 2 is 2.22 bits per heavy atom. The van der Waals surface area contributed by atoms with E-state index in [0.717, 1.165) is 23.6 Å². The Balaban J connectivity index is 1.70. The van der Waals surface area contributed by atoms with Gasteiger partial charge in [0.15, 0.2) is 0 Å². The normalized spacial score (nSPS) is 10.6. The Hall–Kier alpha value is -1.45. The van der Waals surface area contributed by atoms with Crippen molar-refractivity contribution in [2.75, 3.05) is 13.2 Å². The molecule has 1 aromatic carbocycles. The third-order valence-corrected chi connectivity index (χ3v) is 2.80. The maximum atomic E-state index is 5.92. The van der Waals surface area contributed by atoms with Gasteiger partial charge in [0, 0.05) is 11.6 Å². The molecular formula is C14H16ClNO2. The molecule has 0 fully saturated rings. The van der Waals surface area contributed by atoms with Crippen LogP contribution >= 0.6 is 11.6 Å². The molecule has 1 N–H and O–H groups in total. The molecule has 0 amide bonds. The van der Waals surface area contributed by atoms with Crippen molar-refractivity contribution in [1.29, 1.82) is 0 Å². The van der Waals surface area contributed by atoms with Crippen LogP contribution in [-0.4, -0.2) is 13.2 Å². The fourth-order valence-electron chi connectivity index (χ4n) is 1.59. The maximum Gasteiger partial charge on any atom is 0.123 e. The van der Waals surface area contributed by atoms with E-state index in [2.05, 4.69) is 5.32 Å². The fourth-order valence-corrected chi connectivity index (χ4v) is 1.75. The van der Waals surface area contributed by atoms with E-state index in [1.807, 2.05) is 37.3 Å². The molecule has 0 bridgehead atoms. The predicted molar refractivity (Wildman–Crippen MR) is 72.1 cm³/mol. The number of benzene rings is 1. The Labute approximate surface area is 112 Å². The van der Waals surface area contributed by atoms with Gasteiger partial charge in [0.1, 0.15) is 18.1 Å². The molecule has 0 saturated heterocycles. The zero-order chi connectivity index (χ0) is 12.8. The zero-order valence-corrected chi connectivity index (χ0v) is 11.0. The summed E-state index contributed by atoms with van der Waals surface area (Å²) in [5, 5.41) is 3.93. The average Bonchev–Trinajstić information content (AvgIpc) is 2.86. The van der Waals surface area contributed by atoms with Gasteiger partial charge in [0.05, 0.1) is 12.8 Å². The second kappa shape index (κ2) is 6.47. The van der Waals surface area contributed by atoms with Crippen molar-refractivity contribution in [3.05, 3.63) is 52.9 Å². The Morgan fingerprint density at radius 3 is 3.00 bits per heavy atom. The summed E-state index contributed by atoms with van der Waals surface area (Å²) in [6.45, 7) is 4.07. The highest BCUT2D eigenvalue weighted by molar-refractivity contribution is 6.30. The molecule has 0 saturated carbocycles. The minimum Gasteiger partial charge on any atom is -0.492 e. The molecule has 2 aromatic rings. The van der Waals surface area contributed by atoms with E-state index in [1.54, 1.807) is 6.26 Å². The van der Waals surface area contributed by atoms with E-state index in [0.29, 0.717) is 18.2 Å². The van der Waals surface area contributed by atoms with Gasteiger partial charge in [0.25, 0.3) is 0 Å². The van der Waals surface area contributed by atoms with Crippen molar-refractivity contribution in [2.24, 2.45) is 0 Å². The van der Waals surface area contributed by atoms with Crippen LogP contribution in [0.2, 0.25) is 5.02 Å². The van der Waals surface area contributed by atoms with E-state index in [4.69, 9.17) is 20.8 Å². The summed E-state index contributed by atoms with van der Waals surface area (Å²) >= 11 is 5.92. The van der Waals surface area contributed by atoms with Crippen molar-refractivity contribution in [3.63, 3.8) is 0 Å². The summed E-state index contributed by atoms with van der Waals surface area (Å²) in [5.74, 6) is 1.76. The molecule has 96 valence electrons. The van der Waals surface area contributed by atoms with Crippen molar-refractivity contribution in [1.82, 2.24) is 5.32 Å². The topological polar surface area (TPSA) is 34.4 Å². The summed E-state index contributed by atoms with van der Waals surface area (Å²) in [4.78, 5) is 0. The van der Waals surface area contributed by atoms with Gasteiger partial charge in [0.2, 0.25) is 0 Å². The van der Waals surface area contributed by atoms with Crippen molar-refractivity contribution < 1.29 is 9.15 Å². The molecule has 0 aliphatic carbocycles. The molecule has 2 rings (SSSR count). The van der Waals surface area contributed by atoms with Crippen LogP contribution in [0.3, 0.4) is 0 Å². The van der Waals surface area contributed by atoms with E-state index >= 15 is 0 Å². The summed E-state index contributed by atoms with van der Waals surface area (Å²) in [6.07, 6.45) is 1.67. The first-order valence-electron chi connectivity index (χ1n) is 5.88. The second-order valence-corrected chi connectivity index (χ2v) is 4.45. The van der Waals surface area contributed by atoms with E-state index in [1.165, 1.54) is 0 Å². The van der Waals surface area contributed by atoms with Crippen LogP contribution in [0, 0.1) is 6.92 Å². The summed E-state index contributed by atoms with van der Waals surface area (Å²) in [7, 11) is 0. The quantitative estimate of drug-likeness (QED) is 0.813. The lowest BCUT2D eigenvalue weighted by Crippen LogP contribution is -2.20. The highest BCUT2D eigenvalue weighted by atomic mass is 35.5. The highest BCUT2D eigenvalue weighted by Crippen LogP contribution is 2.22. The largest absolute Gasteiger partial charge is 0.492 e. The number of aryl methyl sites for hydroxylation is 1. The molecule has 0 spiro atoms. The molecule has 0 aliphatic rings. The van der Waals surface area contributed by atoms with Gasteiger partial charge in [-0.25, -0.2) is 0 Å². The average molecular weight is 266 g/mol. The van der Waals surface area contributed by atoms with Gasteiger partial charge in [-0.1, -0.05) is 17.7 Å². The fraction of sp³-hybridized carbons (Fsp3) is 0.286. The smallest absolute Gasteiger partial charge is 0.123 e. The number of hydrogen-bond acceptors (Lipinski definition) is 3. The molecule has 0 unspecified atom stereocenters. The minimum atomic E-state index is 0.599. The summed E-state index contributed by atoms with van der Waals surface area (Å²) in [6, 6.07) is 9.47. The van der Waals surface area contributed by atoms with E-state index in [-0.39, 0.29) is 0 Å². The molecule has 3 nitrogen and oxygen atoms in total. The predicted octanol–water partition coefficient (Wildman–Crippen LogP) is 3.41. The van der Waals surface area contributed by atoms with Gasteiger partial charge in [-0.2, -0.15) is 0 Å². The van der Waals surface area contributed by atoms with Crippen molar-refractivity contribution in [2.45, 2.75) is 13.5 Å². The third kappa shape index (κ3) is 3.79. The van der Waals surface area contributed by atoms with Crippen LogP contribution in [0.5, 0.6) is 5.75 Å². The first-order chi connectivity index (χ1) is 8.75. The molecule has 18 heavy (non-hydrogen) atoms. The minimum absolute atomic E-state index is 0.599. The number of halogens is 1. The molecule has 4 heteroatoms. The first kappa shape index (κ1) is 13.0. The van der Waals surface area contributed by atoms with Crippen LogP contribution in [0.25, 0.3) is 0 Å². The number of nitrogens with one attached hydrogen (secondary N) is 1. The molecule has 1 aromatic heterocycles. The SMILES string of the molecule is Cc1ccc(Cl)cc1OCCNCc1ccco1. The molecule has 0 atom stereocenters. The van der Waals surface area contributed by atoms with Gasteiger partial charge < -0.3 is 14.5 Å². The standard InChI is InChI=1S/C14H16ClNO2/c1-11-4-5-12(15)9-14(11)18-8-6-16-10-13-3-2-7-17-13/h2-5,7,9,16H,6,8,10H2,1H3. The molecule has 1 heterocycles. The lowest BCUT2D eigenvalue weighted by Gasteiger charge is -2.09. The summed E-state index contributed by atoms with van der Waals surface area (Å²) in [5.41, 5.74) is 1.09. The van der Waals surface area contributed by atoms with E-state index in [9.17, 15) is 0 Å². The lowest BCUT2D eigenvalue weighted by molar-refractivity contribution is 0.309. The third-order valence-electron chi connectivity index (χ3n) is 2.57. The number of furan rings is 1. The number of rotatable bonds is 6. The Bertz CT molecular complexity index is 483. The highest BCUT2D eigenvalue weighted by Gasteiger charge is 2.00. The van der Waals surface area contributed by atoms with Crippen LogP contribution in [-0.2, 0) is 6.54 Å². The lowest BCUT2D eigenvalue weighted by atomic mass is 10.2. The number of hydrogen-bond donors (Lipinski definition) is 1. The van der Waals surface area contributed by atoms with Gasteiger partial charge in [-0.3, -0.25) is 0 Å². The van der Waals surface area contributed by atoms with Gasteiger partial charge in [-0.05, 0) is 36.8 Å². The van der Waals surface area contributed by atoms with Crippen LogP contribution in [0.15, 0.2) is 41.0 Å². The molecule has 0 aliphatic heterocycles. The number of ether oxygens (including phenoxy) is 1. The van der Waals surface area contributed by atoms with Crippen LogP contribution in [0.4, 0.5) is 0 Å². The van der Waals surface area contributed by atoms with Gasteiger partial charge in [-0.15, -0.1) is 0 Å². The van der Waals surface area contributed by atoms with E-state index < -0.39 is 0 Å². The first-order valence-corrected chi connectivity index (χ1v) is 6.25. The maximum absolute atomic E-state index is 5.92. The molecular weight excluding hydrogens is 250 g/mol. The second-order valence-electron chi connectivity index (χ2n) is 4.01. The van der Waals surface area contributed by atoms with Gasteiger partial charge >= 0.3 is 0 Å². The van der Waals surface area contributed by atoms with Crippen LogP contribution in [0.1, 0.15) is 11.3 Å². The monoisotopic (exact) mass is 265 g/mol. The van der Waals surface area contributed by atoms with Crippen molar-refractivity contribution >= 4 is 11.6 Å². The van der Waals surface area contributed by atoms with Crippen molar-refractivity contribution in [3.8, 4) is 5.75 Å². The summed E-state index contributed by atoms with van der Waals surface area (Å²) < 4.78 is 10.9. The Morgan fingerprint density at radius 1 is 1.33 bits per heavy atom. The molecule has 0 radical (unpaired) electrons. The zero-order valence-electron chi connectivity index (χ0n) is 10.3.